The van der Waals surface area contributed by atoms with Gasteiger partial charge in [0.15, 0.2) is 0 Å². The van der Waals surface area contributed by atoms with E-state index >= 15 is 0 Å². The topological polar surface area (TPSA) is 45.4 Å². The Labute approximate surface area is 97.1 Å². The van der Waals surface area contributed by atoms with Gasteiger partial charge in [-0.1, -0.05) is 6.07 Å². The van der Waals surface area contributed by atoms with Crippen molar-refractivity contribution in [1.29, 1.82) is 0 Å². The molecule has 1 unspecified atom stereocenters. The molecule has 2 rings (SSSR count). The minimum atomic E-state index is 0.382. The Kier molecular flexibility index (Phi) is 3.41. The van der Waals surface area contributed by atoms with Gasteiger partial charge < -0.3 is 15.5 Å². The first-order valence-electron chi connectivity index (χ1n) is 5.79. The first-order chi connectivity index (χ1) is 7.70. The highest BCUT2D eigenvalue weighted by Gasteiger charge is 2.24. The number of nitrogens with two attached hydrogens (primary N) is 1. The van der Waals surface area contributed by atoms with Crippen molar-refractivity contribution in [1.82, 2.24) is 9.88 Å². The Morgan fingerprint density at radius 3 is 2.94 bits per heavy atom. The fraction of sp³-hybridized carbons (Fsp3) is 0.583. The van der Waals surface area contributed by atoms with Gasteiger partial charge in [-0.15, -0.1) is 0 Å². The van der Waals surface area contributed by atoms with Gasteiger partial charge in [-0.25, -0.2) is 4.98 Å². The van der Waals surface area contributed by atoms with Gasteiger partial charge >= 0.3 is 0 Å². The maximum Gasteiger partial charge on any atom is 0.129 e. The van der Waals surface area contributed by atoms with Crippen LogP contribution >= 0.6 is 0 Å². The summed E-state index contributed by atoms with van der Waals surface area (Å²) in [6, 6.07) is 6.54. The number of anilines is 1. The van der Waals surface area contributed by atoms with E-state index in [0.29, 0.717) is 12.6 Å². The smallest absolute Gasteiger partial charge is 0.129 e. The Balaban J connectivity index is 2.19. The fourth-order valence-corrected chi connectivity index (χ4v) is 2.20. The number of likely N-dealkylation sites (N-methyl/N-ethyl adjacent to an activating group) is 1. The van der Waals surface area contributed by atoms with Crippen molar-refractivity contribution in [3.8, 4) is 0 Å². The summed E-state index contributed by atoms with van der Waals surface area (Å²) in [5, 5.41) is 0. The monoisotopic (exact) mass is 220 g/mol. The molecule has 4 heteroatoms. The number of rotatable bonds is 2. The SMILES string of the molecule is Cc1cccc(N2CCN(C)CC2CN)n1. The van der Waals surface area contributed by atoms with Gasteiger partial charge in [-0.3, -0.25) is 0 Å². The summed E-state index contributed by atoms with van der Waals surface area (Å²) in [7, 11) is 2.14. The molecule has 1 aliphatic heterocycles. The first-order valence-corrected chi connectivity index (χ1v) is 5.79. The lowest BCUT2D eigenvalue weighted by atomic mass is 10.1. The predicted octanol–water partition coefficient (Wildman–Crippen LogP) is 0.469. The average Bonchev–Trinajstić information content (AvgIpc) is 2.28. The predicted molar refractivity (Wildman–Crippen MR) is 66.7 cm³/mol. The van der Waals surface area contributed by atoms with Crippen molar-refractivity contribution in [3.05, 3.63) is 23.9 Å². The second-order valence-corrected chi connectivity index (χ2v) is 4.48. The second kappa shape index (κ2) is 4.80. The Morgan fingerprint density at radius 2 is 2.25 bits per heavy atom. The number of aryl methyl sites for hydroxylation is 1. The van der Waals surface area contributed by atoms with Gasteiger partial charge in [-0.05, 0) is 26.1 Å². The van der Waals surface area contributed by atoms with Crippen LogP contribution in [0.15, 0.2) is 18.2 Å². The van der Waals surface area contributed by atoms with Crippen LogP contribution < -0.4 is 10.6 Å². The quantitative estimate of drug-likeness (QED) is 0.787. The van der Waals surface area contributed by atoms with Crippen molar-refractivity contribution in [2.75, 3.05) is 38.1 Å². The average molecular weight is 220 g/mol. The van der Waals surface area contributed by atoms with E-state index in [1.54, 1.807) is 0 Å². The van der Waals surface area contributed by atoms with Crippen molar-refractivity contribution < 1.29 is 0 Å². The number of nitrogens with zero attached hydrogens (tertiary/aromatic N) is 3. The number of pyridine rings is 1. The summed E-state index contributed by atoms with van der Waals surface area (Å²) in [4.78, 5) is 9.22. The maximum atomic E-state index is 5.84. The molecule has 0 bridgehead atoms. The Morgan fingerprint density at radius 1 is 1.44 bits per heavy atom. The van der Waals surface area contributed by atoms with Crippen LogP contribution in [0.5, 0.6) is 0 Å². The summed E-state index contributed by atoms with van der Waals surface area (Å²) in [5.74, 6) is 1.06. The number of piperazine rings is 1. The molecule has 2 N–H and O–H groups in total. The van der Waals surface area contributed by atoms with E-state index < -0.39 is 0 Å². The van der Waals surface area contributed by atoms with Crippen LogP contribution in [0.4, 0.5) is 5.82 Å². The fourth-order valence-electron chi connectivity index (χ4n) is 2.20. The molecule has 2 heterocycles. The molecule has 0 saturated carbocycles. The molecule has 1 aromatic heterocycles. The number of hydrogen-bond acceptors (Lipinski definition) is 4. The Hall–Kier alpha value is -1.13. The van der Waals surface area contributed by atoms with Gasteiger partial charge in [0.05, 0.1) is 6.04 Å². The molecule has 1 fully saturated rings. The molecule has 0 amide bonds. The van der Waals surface area contributed by atoms with E-state index in [9.17, 15) is 0 Å². The van der Waals surface area contributed by atoms with E-state index in [1.807, 2.05) is 13.0 Å². The van der Waals surface area contributed by atoms with E-state index in [4.69, 9.17) is 5.73 Å². The van der Waals surface area contributed by atoms with Crippen molar-refractivity contribution in [3.63, 3.8) is 0 Å². The lowest BCUT2D eigenvalue weighted by Crippen LogP contribution is -2.55. The second-order valence-electron chi connectivity index (χ2n) is 4.48. The van der Waals surface area contributed by atoms with E-state index in [0.717, 1.165) is 31.1 Å². The van der Waals surface area contributed by atoms with Gasteiger partial charge in [-0.2, -0.15) is 0 Å². The molecular weight excluding hydrogens is 200 g/mol. The zero-order valence-corrected chi connectivity index (χ0v) is 10.1. The lowest BCUT2D eigenvalue weighted by Gasteiger charge is -2.40. The zero-order valence-electron chi connectivity index (χ0n) is 10.1. The van der Waals surface area contributed by atoms with E-state index in [2.05, 4.69) is 34.0 Å². The molecule has 0 spiro atoms. The largest absolute Gasteiger partial charge is 0.350 e. The molecule has 1 aliphatic rings. The molecule has 0 aromatic carbocycles. The minimum absolute atomic E-state index is 0.382. The van der Waals surface area contributed by atoms with E-state index in [1.165, 1.54) is 0 Å². The minimum Gasteiger partial charge on any atom is -0.350 e. The summed E-state index contributed by atoms with van der Waals surface area (Å²) < 4.78 is 0. The van der Waals surface area contributed by atoms with Crippen LogP contribution in [-0.4, -0.2) is 49.2 Å². The van der Waals surface area contributed by atoms with Crippen LogP contribution in [0.2, 0.25) is 0 Å². The van der Waals surface area contributed by atoms with Crippen LogP contribution in [0, 0.1) is 6.92 Å². The lowest BCUT2D eigenvalue weighted by molar-refractivity contribution is 0.269. The van der Waals surface area contributed by atoms with Crippen LogP contribution in [-0.2, 0) is 0 Å². The third kappa shape index (κ3) is 2.33. The van der Waals surface area contributed by atoms with Gasteiger partial charge in [0.2, 0.25) is 0 Å². The van der Waals surface area contributed by atoms with Crippen molar-refractivity contribution in [2.24, 2.45) is 5.73 Å². The normalized spacial score (nSPS) is 22.4. The molecule has 0 aliphatic carbocycles. The highest BCUT2D eigenvalue weighted by molar-refractivity contribution is 5.41. The summed E-state index contributed by atoms with van der Waals surface area (Å²) >= 11 is 0. The zero-order chi connectivity index (χ0) is 11.5. The molecule has 4 nitrogen and oxygen atoms in total. The van der Waals surface area contributed by atoms with Crippen molar-refractivity contribution in [2.45, 2.75) is 13.0 Å². The highest BCUT2D eigenvalue weighted by Crippen LogP contribution is 2.17. The van der Waals surface area contributed by atoms with Gasteiger partial charge in [0.1, 0.15) is 5.82 Å². The third-order valence-corrected chi connectivity index (χ3v) is 3.13. The van der Waals surface area contributed by atoms with E-state index in [-0.39, 0.29) is 0 Å². The Bertz CT molecular complexity index is 353. The number of hydrogen-bond donors (Lipinski definition) is 1. The highest BCUT2D eigenvalue weighted by atomic mass is 15.3. The molecule has 0 radical (unpaired) electrons. The molecule has 1 saturated heterocycles. The summed E-state index contributed by atoms with van der Waals surface area (Å²) in [6.07, 6.45) is 0. The molecule has 1 atom stereocenters. The summed E-state index contributed by atoms with van der Waals surface area (Å²) in [6.45, 7) is 5.81. The molecular formula is C12H20N4. The van der Waals surface area contributed by atoms with Gasteiger partial charge in [0.25, 0.3) is 0 Å². The molecule has 16 heavy (non-hydrogen) atoms. The van der Waals surface area contributed by atoms with Crippen LogP contribution in [0.1, 0.15) is 5.69 Å². The maximum absolute atomic E-state index is 5.84. The summed E-state index contributed by atoms with van der Waals surface area (Å²) in [5.41, 5.74) is 6.90. The molecule has 88 valence electrons. The third-order valence-electron chi connectivity index (χ3n) is 3.13. The van der Waals surface area contributed by atoms with Crippen LogP contribution in [0.25, 0.3) is 0 Å². The standard InChI is InChI=1S/C12H20N4/c1-10-4-3-5-12(14-10)16-7-6-15(2)9-11(16)8-13/h3-5,11H,6-9,13H2,1-2H3. The molecule has 1 aromatic rings. The number of aromatic nitrogens is 1. The van der Waals surface area contributed by atoms with Gasteiger partial charge in [0, 0.05) is 31.9 Å². The first kappa shape index (κ1) is 11.4. The van der Waals surface area contributed by atoms with Crippen molar-refractivity contribution >= 4 is 5.82 Å². The van der Waals surface area contributed by atoms with Crippen LogP contribution in [0.3, 0.4) is 0 Å².